The van der Waals surface area contributed by atoms with E-state index in [0.717, 1.165) is 0 Å². The first kappa shape index (κ1) is 13.8. The first-order valence-electron chi connectivity index (χ1n) is 5.26. The van der Waals surface area contributed by atoms with E-state index in [4.69, 9.17) is 5.11 Å². The Hall–Kier alpha value is -2.31. The lowest BCUT2D eigenvalue weighted by molar-refractivity contribution is -0.385. The molecule has 0 fully saturated rings. The number of hydrogen-bond acceptors (Lipinski definition) is 5. The van der Waals surface area contributed by atoms with Crippen LogP contribution >= 0.6 is 0 Å². The molecule has 1 N–H and O–H groups in total. The summed E-state index contributed by atoms with van der Waals surface area (Å²) in [5, 5.41) is 19.6. The molecule has 0 atom stereocenters. The van der Waals surface area contributed by atoms with Crippen molar-refractivity contribution in [2.24, 2.45) is 0 Å². The van der Waals surface area contributed by atoms with Crippen LogP contribution in [0.15, 0.2) is 12.1 Å². The van der Waals surface area contributed by atoms with E-state index in [1.165, 1.54) is 12.1 Å². The zero-order valence-corrected chi connectivity index (χ0v) is 10.3. The van der Waals surface area contributed by atoms with Crippen LogP contribution in [0, 0.1) is 10.1 Å². The SMILES string of the molecule is CCc1c([N+](=O)[O-])ccc(OC(=O)O)c1N(C)C. The molecular weight excluding hydrogens is 240 g/mol. The molecule has 0 saturated heterocycles. The van der Waals surface area contributed by atoms with E-state index in [0.29, 0.717) is 17.7 Å². The van der Waals surface area contributed by atoms with Gasteiger partial charge in [-0.3, -0.25) is 10.1 Å². The molecule has 1 aromatic rings. The van der Waals surface area contributed by atoms with Crippen molar-refractivity contribution in [1.82, 2.24) is 0 Å². The predicted octanol–water partition coefficient (Wildman–Crippen LogP) is 2.28. The fourth-order valence-electron chi connectivity index (χ4n) is 1.79. The number of nitro groups is 1. The lowest BCUT2D eigenvalue weighted by Crippen LogP contribution is -2.16. The summed E-state index contributed by atoms with van der Waals surface area (Å²) in [5.74, 6) is 0.0925. The maximum Gasteiger partial charge on any atom is 0.511 e. The van der Waals surface area contributed by atoms with E-state index in [1.54, 1.807) is 25.9 Å². The zero-order valence-electron chi connectivity index (χ0n) is 10.3. The van der Waals surface area contributed by atoms with Gasteiger partial charge < -0.3 is 14.7 Å². The van der Waals surface area contributed by atoms with Gasteiger partial charge in [0.1, 0.15) is 0 Å². The summed E-state index contributed by atoms with van der Waals surface area (Å²) in [5.41, 5.74) is 0.816. The lowest BCUT2D eigenvalue weighted by atomic mass is 10.1. The van der Waals surface area contributed by atoms with Gasteiger partial charge in [0.15, 0.2) is 5.75 Å². The van der Waals surface area contributed by atoms with Crippen molar-refractivity contribution in [2.75, 3.05) is 19.0 Å². The topological polar surface area (TPSA) is 92.9 Å². The summed E-state index contributed by atoms with van der Waals surface area (Å²) < 4.78 is 4.64. The molecule has 1 aromatic carbocycles. The van der Waals surface area contributed by atoms with Crippen LogP contribution in [-0.4, -0.2) is 30.3 Å². The van der Waals surface area contributed by atoms with Crippen molar-refractivity contribution in [3.8, 4) is 5.75 Å². The molecule has 1 rings (SSSR count). The first-order chi connectivity index (χ1) is 8.38. The van der Waals surface area contributed by atoms with E-state index in [-0.39, 0.29) is 11.4 Å². The maximum absolute atomic E-state index is 10.9. The third-order valence-corrected chi connectivity index (χ3v) is 2.42. The number of hydrogen-bond donors (Lipinski definition) is 1. The molecule has 0 aliphatic rings. The van der Waals surface area contributed by atoms with Crippen LogP contribution in [0.4, 0.5) is 16.2 Å². The number of benzene rings is 1. The molecule has 0 aliphatic carbocycles. The molecule has 18 heavy (non-hydrogen) atoms. The highest BCUT2D eigenvalue weighted by Crippen LogP contribution is 2.37. The van der Waals surface area contributed by atoms with Crippen LogP contribution in [0.3, 0.4) is 0 Å². The van der Waals surface area contributed by atoms with Gasteiger partial charge in [0, 0.05) is 20.2 Å². The minimum atomic E-state index is -1.45. The Morgan fingerprint density at radius 2 is 2.11 bits per heavy atom. The largest absolute Gasteiger partial charge is 0.511 e. The summed E-state index contributed by atoms with van der Waals surface area (Å²) in [6, 6.07) is 2.55. The minimum Gasteiger partial charge on any atom is -0.449 e. The molecular formula is C11H14N2O5. The Labute approximate surface area is 104 Å². The second-order valence-corrected chi connectivity index (χ2v) is 3.78. The predicted molar refractivity (Wildman–Crippen MR) is 65.5 cm³/mol. The van der Waals surface area contributed by atoms with E-state index in [9.17, 15) is 14.9 Å². The highest BCUT2D eigenvalue weighted by molar-refractivity contribution is 5.73. The molecule has 0 unspecified atom stereocenters. The summed E-state index contributed by atoms with van der Waals surface area (Å²) in [7, 11) is 3.35. The molecule has 0 aromatic heterocycles. The second-order valence-electron chi connectivity index (χ2n) is 3.78. The number of rotatable bonds is 4. The van der Waals surface area contributed by atoms with Gasteiger partial charge in [-0.15, -0.1) is 0 Å². The van der Waals surface area contributed by atoms with Gasteiger partial charge in [-0.1, -0.05) is 6.92 Å². The van der Waals surface area contributed by atoms with Gasteiger partial charge in [-0.2, -0.15) is 0 Å². The zero-order chi connectivity index (χ0) is 13.9. The summed E-state index contributed by atoms with van der Waals surface area (Å²) in [6.07, 6.45) is -1.05. The molecule has 0 amide bonds. The maximum atomic E-state index is 10.9. The molecule has 0 bridgehead atoms. The molecule has 7 heteroatoms. The molecule has 0 spiro atoms. The van der Waals surface area contributed by atoms with Gasteiger partial charge in [-0.05, 0) is 12.5 Å². The highest BCUT2D eigenvalue weighted by Gasteiger charge is 2.22. The number of carboxylic acid groups (broad SMARTS) is 1. The highest BCUT2D eigenvalue weighted by atomic mass is 16.7. The van der Waals surface area contributed by atoms with E-state index in [2.05, 4.69) is 4.74 Å². The van der Waals surface area contributed by atoms with Crippen LogP contribution in [-0.2, 0) is 6.42 Å². The van der Waals surface area contributed by atoms with E-state index >= 15 is 0 Å². The van der Waals surface area contributed by atoms with Crippen LogP contribution in [0.5, 0.6) is 5.75 Å². The standard InChI is InChI=1S/C11H14N2O5/c1-4-7-8(13(16)17)5-6-9(18-11(14)15)10(7)12(2)3/h5-6H,4H2,1-3H3,(H,14,15). The number of ether oxygens (including phenoxy) is 1. The fraction of sp³-hybridized carbons (Fsp3) is 0.364. The molecule has 98 valence electrons. The third-order valence-electron chi connectivity index (χ3n) is 2.42. The van der Waals surface area contributed by atoms with Crippen molar-refractivity contribution in [2.45, 2.75) is 13.3 Å². The van der Waals surface area contributed by atoms with E-state index < -0.39 is 11.1 Å². The van der Waals surface area contributed by atoms with Gasteiger partial charge in [-0.25, -0.2) is 4.79 Å². The van der Waals surface area contributed by atoms with Gasteiger partial charge in [0.05, 0.1) is 16.2 Å². The molecule has 0 heterocycles. The van der Waals surface area contributed by atoms with Crippen molar-refractivity contribution >= 4 is 17.5 Å². The Bertz CT molecular complexity index is 485. The Morgan fingerprint density at radius 3 is 2.50 bits per heavy atom. The van der Waals surface area contributed by atoms with Crippen molar-refractivity contribution in [1.29, 1.82) is 0 Å². The Kier molecular flexibility index (Phi) is 4.09. The van der Waals surface area contributed by atoms with Crippen molar-refractivity contribution in [3.05, 3.63) is 27.8 Å². The van der Waals surface area contributed by atoms with Gasteiger partial charge in [0.25, 0.3) is 5.69 Å². The third kappa shape index (κ3) is 2.68. The van der Waals surface area contributed by atoms with Gasteiger partial charge in [0.2, 0.25) is 0 Å². The molecule has 0 aliphatic heterocycles. The fourth-order valence-corrected chi connectivity index (χ4v) is 1.79. The van der Waals surface area contributed by atoms with Crippen LogP contribution in [0.25, 0.3) is 0 Å². The quantitative estimate of drug-likeness (QED) is 0.383. The van der Waals surface area contributed by atoms with Gasteiger partial charge >= 0.3 is 6.16 Å². The number of nitro benzene ring substituents is 1. The second kappa shape index (κ2) is 5.35. The number of carbonyl (C=O) groups is 1. The average Bonchev–Trinajstić information content (AvgIpc) is 2.26. The Balaban J connectivity index is 3.47. The summed E-state index contributed by atoms with van der Waals surface area (Å²) in [6.45, 7) is 1.76. The smallest absolute Gasteiger partial charge is 0.449 e. The van der Waals surface area contributed by atoms with Crippen LogP contribution in [0.2, 0.25) is 0 Å². The normalized spacial score (nSPS) is 9.94. The molecule has 7 nitrogen and oxygen atoms in total. The van der Waals surface area contributed by atoms with E-state index in [1.807, 2.05) is 0 Å². The number of nitrogens with zero attached hydrogens (tertiary/aromatic N) is 2. The molecule has 0 saturated carbocycles. The molecule has 0 radical (unpaired) electrons. The summed E-state index contributed by atoms with van der Waals surface area (Å²) in [4.78, 5) is 22.6. The number of anilines is 1. The van der Waals surface area contributed by atoms with Crippen LogP contribution in [0.1, 0.15) is 12.5 Å². The monoisotopic (exact) mass is 254 g/mol. The van der Waals surface area contributed by atoms with Crippen molar-refractivity contribution < 1.29 is 19.6 Å². The summed E-state index contributed by atoms with van der Waals surface area (Å²) >= 11 is 0. The Morgan fingerprint density at radius 1 is 1.50 bits per heavy atom. The minimum absolute atomic E-state index is 0.0426. The van der Waals surface area contributed by atoms with Crippen molar-refractivity contribution in [3.63, 3.8) is 0 Å². The van der Waals surface area contributed by atoms with Crippen LogP contribution < -0.4 is 9.64 Å². The first-order valence-corrected chi connectivity index (χ1v) is 5.26. The average molecular weight is 254 g/mol. The lowest BCUT2D eigenvalue weighted by Gasteiger charge is -2.19.